The van der Waals surface area contributed by atoms with Gasteiger partial charge in [-0.2, -0.15) is 0 Å². The Labute approximate surface area is 155 Å². The highest BCUT2D eigenvalue weighted by Crippen LogP contribution is 2.32. The Bertz CT molecular complexity index is 552. The zero-order chi connectivity index (χ0) is 16.4. The number of nitrogens with zero attached hydrogens (tertiary/aromatic N) is 1. The van der Waals surface area contributed by atoms with Crippen LogP contribution in [0, 0.1) is 5.92 Å². The zero-order valence-electron chi connectivity index (χ0n) is 14.3. The van der Waals surface area contributed by atoms with Crippen LogP contribution in [0.2, 0.25) is 5.02 Å². The lowest BCUT2D eigenvalue weighted by Crippen LogP contribution is -2.46. The fraction of sp³-hybridized carbons (Fsp3) is 0.611. The molecule has 2 fully saturated rings. The van der Waals surface area contributed by atoms with Crippen molar-refractivity contribution in [2.45, 2.75) is 44.3 Å². The van der Waals surface area contributed by atoms with Crippen LogP contribution >= 0.6 is 24.0 Å². The van der Waals surface area contributed by atoms with E-state index in [9.17, 15) is 4.79 Å². The molecular weight excluding hydrogens is 345 g/mol. The standard InChI is InChI=1S/C18H26ClN3O.ClH/c1-12-11-14(7-9-20-12)18(23)21-16-8-10-22(2)17(16)13-3-5-15(19)6-4-13;/h3-6,12,14,16-17,20H,7-11H2,1-2H3,(H,21,23);1H/t12-,14-,16?,17?;/m0./s1. The van der Waals surface area contributed by atoms with Crippen LogP contribution < -0.4 is 10.6 Å². The van der Waals surface area contributed by atoms with Gasteiger partial charge in [0.05, 0.1) is 6.04 Å². The second-order valence-corrected chi connectivity index (χ2v) is 7.39. The molecular formula is C18H27Cl2N3O. The lowest BCUT2D eigenvalue weighted by atomic mass is 9.91. The maximum absolute atomic E-state index is 12.7. The number of carbonyl (C=O) groups excluding carboxylic acids is 1. The van der Waals surface area contributed by atoms with E-state index in [0.717, 1.165) is 37.4 Å². The molecule has 0 aliphatic carbocycles. The van der Waals surface area contributed by atoms with E-state index in [1.807, 2.05) is 12.1 Å². The summed E-state index contributed by atoms with van der Waals surface area (Å²) in [5.41, 5.74) is 1.22. The van der Waals surface area contributed by atoms with Crippen LogP contribution in [-0.4, -0.2) is 43.0 Å². The van der Waals surface area contributed by atoms with Crippen molar-refractivity contribution in [2.24, 2.45) is 5.92 Å². The minimum atomic E-state index is 0. The van der Waals surface area contributed by atoms with E-state index in [2.05, 4.69) is 41.6 Å². The van der Waals surface area contributed by atoms with Crippen molar-refractivity contribution in [1.29, 1.82) is 0 Å². The Morgan fingerprint density at radius 1 is 1.29 bits per heavy atom. The van der Waals surface area contributed by atoms with Crippen molar-refractivity contribution in [3.05, 3.63) is 34.9 Å². The SMILES string of the molecule is C[C@H]1C[C@@H](C(=O)NC2CCN(C)C2c2ccc(Cl)cc2)CCN1.Cl. The van der Waals surface area contributed by atoms with Gasteiger partial charge in [-0.3, -0.25) is 9.69 Å². The second-order valence-electron chi connectivity index (χ2n) is 6.96. The molecule has 2 heterocycles. The minimum absolute atomic E-state index is 0. The highest BCUT2D eigenvalue weighted by molar-refractivity contribution is 6.30. The summed E-state index contributed by atoms with van der Waals surface area (Å²) in [6, 6.07) is 8.83. The fourth-order valence-corrected chi connectivity index (χ4v) is 4.04. The molecule has 0 aromatic heterocycles. The summed E-state index contributed by atoms with van der Waals surface area (Å²) < 4.78 is 0. The highest BCUT2D eigenvalue weighted by Gasteiger charge is 2.35. The predicted molar refractivity (Wildman–Crippen MR) is 101 cm³/mol. The molecule has 0 radical (unpaired) electrons. The van der Waals surface area contributed by atoms with Crippen LogP contribution in [0.1, 0.15) is 37.8 Å². The van der Waals surface area contributed by atoms with Crippen molar-refractivity contribution in [2.75, 3.05) is 20.1 Å². The van der Waals surface area contributed by atoms with Gasteiger partial charge < -0.3 is 10.6 Å². The summed E-state index contributed by atoms with van der Waals surface area (Å²) in [6.07, 6.45) is 2.86. The Hall–Kier alpha value is -0.810. The summed E-state index contributed by atoms with van der Waals surface area (Å²) in [5.74, 6) is 0.362. The fourth-order valence-electron chi connectivity index (χ4n) is 3.92. The van der Waals surface area contributed by atoms with Crippen LogP contribution in [0.3, 0.4) is 0 Å². The average Bonchev–Trinajstić information content (AvgIpc) is 2.89. The average molecular weight is 372 g/mol. The van der Waals surface area contributed by atoms with Crippen LogP contribution in [0.15, 0.2) is 24.3 Å². The highest BCUT2D eigenvalue weighted by atomic mass is 35.5. The molecule has 6 heteroatoms. The largest absolute Gasteiger partial charge is 0.351 e. The first-order valence-electron chi connectivity index (χ1n) is 8.54. The molecule has 24 heavy (non-hydrogen) atoms. The third kappa shape index (κ3) is 4.42. The monoisotopic (exact) mass is 371 g/mol. The number of hydrogen-bond acceptors (Lipinski definition) is 3. The molecule has 0 spiro atoms. The lowest BCUT2D eigenvalue weighted by Gasteiger charge is -2.30. The van der Waals surface area contributed by atoms with Crippen molar-refractivity contribution in [3.63, 3.8) is 0 Å². The lowest BCUT2D eigenvalue weighted by molar-refractivity contribution is -0.127. The first kappa shape index (κ1) is 19.5. The summed E-state index contributed by atoms with van der Waals surface area (Å²) in [5, 5.41) is 7.48. The van der Waals surface area contributed by atoms with E-state index in [4.69, 9.17) is 11.6 Å². The van der Waals surface area contributed by atoms with Gasteiger partial charge in [-0.05, 0) is 57.5 Å². The number of likely N-dealkylation sites (tertiary alicyclic amines) is 1. The molecule has 4 nitrogen and oxygen atoms in total. The maximum atomic E-state index is 12.7. The third-order valence-corrected chi connectivity index (χ3v) is 5.43. The molecule has 4 atom stereocenters. The first-order valence-corrected chi connectivity index (χ1v) is 8.92. The molecule has 0 saturated carbocycles. The van der Waals surface area contributed by atoms with E-state index in [0.29, 0.717) is 6.04 Å². The normalized spacial score (nSPS) is 30.6. The number of halogens is 2. The summed E-state index contributed by atoms with van der Waals surface area (Å²) in [6.45, 7) is 4.09. The van der Waals surface area contributed by atoms with Crippen LogP contribution in [-0.2, 0) is 4.79 Å². The number of carbonyl (C=O) groups is 1. The number of rotatable bonds is 3. The van der Waals surface area contributed by atoms with E-state index < -0.39 is 0 Å². The van der Waals surface area contributed by atoms with Crippen molar-refractivity contribution in [3.8, 4) is 0 Å². The van der Waals surface area contributed by atoms with Gasteiger partial charge in [-0.25, -0.2) is 0 Å². The van der Waals surface area contributed by atoms with Gasteiger partial charge >= 0.3 is 0 Å². The van der Waals surface area contributed by atoms with E-state index in [1.54, 1.807) is 0 Å². The molecule has 2 saturated heterocycles. The van der Waals surface area contributed by atoms with Gasteiger partial charge in [0, 0.05) is 29.6 Å². The molecule has 3 rings (SSSR count). The van der Waals surface area contributed by atoms with Crippen molar-refractivity contribution in [1.82, 2.24) is 15.5 Å². The molecule has 0 bridgehead atoms. The van der Waals surface area contributed by atoms with Gasteiger partial charge in [0.1, 0.15) is 0 Å². The van der Waals surface area contributed by atoms with Crippen LogP contribution in [0.4, 0.5) is 0 Å². The maximum Gasteiger partial charge on any atom is 0.223 e. The number of amides is 1. The van der Waals surface area contributed by atoms with Crippen LogP contribution in [0.25, 0.3) is 0 Å². The number of nitrogens with one attached hydrogen (secondary N) is 2. The zero-order valence-corrected chi connectivity index (χ0v) is 15.9. The Morgan fingerprint density at radius 2 is 2.00 bits per heavy atom. The molecule has 2 aliphatic rings. The van der Waals surface area contributed by atoms with E-state index in [-0.39, 0.29) is 36.3 Å². The minimum Gasteiger partial charge on any atom is -0.351 e. The molecule has 1 aromatic carbocycles. The molecule has 134 valence electrons. The van der Waals surface area contributed by atoms with E-state index >= 15 is 0 Å². The van der Waals surface area contributed by atoms with Crippen molar-refractivity contribution >= 4 is 29.9 Å². The smallest absolute Gasteiger partial charge is 0.223 e. The topological polar surface area (TPSA) is 44.4 Å². The Kier molecular flexibility index (Phi) is 6.93. The Morgan fingerprint density at radius 3 is 2.67 bits per heavy atom. The second kappa shape index (κ2) is 8.52. The summed E-state index contributed by atoms with van der Waals surface area (Å²) in [7, 11) is 2.12. The molecule has 2 aliphatic heterocycles. The number of piperidine rings is 1. The summed E-state index contributed by atoms with van der Waals surface area (Å²) in [4.78, 5) is 15.0. The van der Waals surface area contributed by atoms with Crippen LogP contribution in [0.5, 0.6) is 0 Å². The van der Waals surface area contributed by atoms with Gasteiger partial charge in [0.25, 0.3) is 0 Å². The van der Waals surface area contributed by atoms with E-state index in [1.165, 1.54) is 5.56 Å². The quantitative estimate of drug-likeness (QED) is 0.858. The van der Waals surface area contributed by atoms with Gasteiger partial charge in [0.2, 0.25) is 5.91 Å². The number of likely N-dealkylation sites (N-methyl/N-ethyl adjacent to an activating group) is 1. The number of benzene rings is 1. The molecule has 1 aromatic rings. The molecule has 1 amide bonds. The van der Waals surface area contributed by atoms with Gasteiger partial charge in [0.15, 0.2) is 0 Å². The van der Waals surface area contributed by atoms with Gasteiger partial charge in [-0.1, -0.05) is 23.7 Å². The summed E-state index contributed by atoms with van der Waals surface area (Å²) >= 11 is 6.00. The molecule has 2 unspecified atom stereocenters. The van der Waals surface area contributed by atoms with Gasteiger partial charge in [-0.15, -0.1) is 12.4 Å². The molecule has 2 N–H and O–H groups in total. The third-order valence-electron chi connectivity index (χ3n) is 5.18. The first-order chi connectivity index (χ1) is 11.0. The predicted octanol–water partition coefficient (Wildman–Crippen LogP) is 3.01. The Balaban J connectivity index is 0.00000208. The van der Waals surface area contributed by atoms with Crippen molar-refractivity contribution < 1.29 is 4.79 Å². The number of hydrogen-bond donors (Lipinski definition) is 2.